The number of hydrogen-bond acceptors (Lipinski definition) is 1. The van der Waals surface area contributed by atoms with Gasteiger partial charge in [0, 0.05) is 6.42 Å². The van der Waals surface area contributed by atoms with E-state index in [2.05, 4.69) is 11.6 Å². The molecular weight excluding hydrogens is 227 g/mol. The van der Waals surface area contributed by atoms with Gasteiger partial charge in [0.05, 0.1) is 5.75 Å². The molecule has 0 rings (SSSR count). The van der Waals surface area contributed by atoms with Crippen LogP contribution in [0.1, 0.15) is 12.8 Å². The van der Waals surface area contributed by atoms with Crippen molar-refractivity contribution in [3.63, 3.8) is 0 Å². The van der Waals surface area contributed by atoms with Crippen molar-refractivity contribution < 1.29 is 24.2 Å². The zero-order chi connectivity index (χ0) is 10.1. The Morgan fingerprint density at radius 1 is 1.17 bits per heavy atom. The third-order valence-corrected chi connectivity index (χ3v) is 2.15. The summed E-state index contributed by atoms with van der Waals surface area (Å²) in [7, 11) is -9.32. The standard InChI is InChI=1S/C4H6ClF5OS/c5-4(11)2-1-3-12(6,7,8,9)10/h1-3H2. The first-order chi connectivity index (χ1) is 4.89. The van der Waals surface area contributed by atoms with Gasteiger partial charge in [0.25, 0.3) is 10.2 Å². The lowest BCUT2D eigenvalue weighted by atomic mass is 10.4. The van der Waals surface area contributed by atoms with E-state index in [0.29, 0.717) is 0 Å². The second kappa shape index (κ2) is 2.47. The van der Waals surface area contributed by atoms with Gasteiger partial charge in [-0.05, 0) is 18.0 Å². The fourth-order valence-corrected chi connectivity index (χ4v) is 1.31. The second-order valence-corrected chi connectivity index (χ2v) is 5.38. The fourth-order valence-electron chi connectivity index (χ4n) is 0.484. The van der Waals surface area contributed by atoms with Crippen LogP contribution in [0.15, 0.2) is 0 Å². The number of rotatable bonds is 4. The first-order valence-electron chi connectivity index (χ1n) is 2.81. The Balaban J connectivity index is 4.04. The van der Waals surface area contributed by atoms with Gasteiger partial charge in [-0.15, -0.1) is 0 Å². The van der Waals surface area contributed by atoms with Crippen LogP contribution in [0.5, 0.6) is 0 Å². The molecule has 1 nitrogen and oxygen atoms in total. The second-order valence-electron chi connectivity index (χ2n) is 2.29. The number of hydrogen-bond donors (Lipinski definition) is 0. The van der Waals surface area contributed by atoms with Crippen LogP contribution in [0.2, 0.25) is 0 Å². The van der Waals surface area contributed by atoms with Crippen molar-refractivity contribution in [1.82, 2.24) is 0 Å². The molecule has 0 unspecified atom stereocenters. The van der Waals surface area contributed by atoms with Gasteiger partial charge in [-0.1, -0.05) is 19.4 Å². The number of carbonyl (C=O) groups excluding carboxylic acids is 1. The third kappa shape index (κ3) is 9.96. The van der Waals surface area contributed by atoms with E-state index in [1.165, 1.54) is 0 Å². The summed E-state index contributed by atoms with van der Waals surface area (Å²) >= 11 is 4.66. The first-order valence-corrected chi connectivity index (χ1v) is 5.31. The monoisotopic (exact) mass is 232 g/mol. The Morgan fingerprint density at radius 3 is 1.83 bits per heavy atom. The molecule has 0 aliphatic heterocycles. The van der Waals surface area contributed by atoms with Gasteiger partial charge in [-0.25, -0.2) is 0 Å². The Hall–Kier alpha value is -0.0400. The van der Waals surface area contributed by atoms with Crippen molar-refractivity contribution in [3.05, 3.63) is 0 Å². The molecule has 0 aromatic rings. The molecule has 0 aliphatic carbocycles. The van der Waals surface area contributed by atoms with Crippen molar-refractivity contribution >= 4 is 27.1 Å². The molecule has 0 spiro atoms. The van der Waals surface area contributed by atoms with Crippen molar-refractivity contribution in [3.8, 4) is 0 Å². The topological polar surface area (TPSA) is 17.1 Å². The molecule has 0 saturated heterocycles. The lowest BCUT2D eigenvalue weighted by Crippen LogP contribution is -2.11. The molecule has 0 heterocycles. The lowest BCUT2D eigenvalue weighted by Gasteiger charge is -2.40. The molecule has 76 valence electrons. The maximum absolute atomic E-state index is 11.5. The van der Waals surface area contributed by atoms with Crippen LogP contribution in [-0.2, 0) is 4.79 Å². The highest BCUT2D eigenvalue weighted by Gasteiger charge is 2.62. The van der Waals surface area contributed by atoms with Crippen molar-refractivity contribution in [1.29, 1.82) is 0 Å². The van der Waals surface area contributed by atoms with Gasteiger partial charge >= 0.3 is 0 Å². The van der Waals surface area contributed by atoms with Crippen LogP contribution in [0, 0.1) is 0 Å². The third-order valence-electron chi connectivity index (χ3n) is 0.903. The molecule has 0 aromatic carbocycles. The van der Waals surface area contributed by atoms with Gasteiger partial charge in [-0.2, -0.15) is 0 Å². The summed E-state index contributed by atoms with van der Waals surface area (Å²) in [6.07, 6.45) is -1.65. The highest BCUT2D eigenvalue weighted by molar-refractivity contribution is 8.45. The fraction of sp³-hybridized carbons (Fsp3) is 0.750. The predicted molar refractivity (Wildman–Crippen MR) is 38.1 cm³/mol. The summed E-state index contributed by atoms with van der Waals surface area (Å²) in [5.74, 6) is -2.22. The van der Waals surface area contributed by atoms with E-state index >= 15 is 0 Å². The van der Waals surface area contributed by atoms with Crippen LogP contribution in [-0.4, -0.2) is 11.0 Å². The van der Waals surface area contributed by atoms with E-state index < -0.39 is 34.1 Å². The normalized spacial score (nSPS) is 18.2. The SMILES string of the molecule is O=C(Cl)CCCS(F)(F)(F)(F)F. The minimum absolute atomic E-state index is 0.687. The van der Waals surface area contributed by atoms with E-state index in [9.17, 15) is 24.2 Å². The average molecular weight is 233 g/mol. The van der Waals surface area contributed by atoms with E-state index in [4.69, 9.17) is 0 Å². The van der Waals surface area contributed by atoms with Gasteiger partial charge in [-0.3, -0.25) is 4.79 Å². The summed E-state index contributed by atoms with van der Waals surface area (Å²) in [4.78, 5) is 9.90. The maximum atomic E-state index is 11.5. The molecule has 0 aromatic heterocycles. The van der Waals surface area contributed by atoms with Crippen molar-refractivity contribution in [2.75, 3.05) is 5.75 Å². The van der Waals surface area contributed by atoms with Crippen LogP contribution in [0.4, 0.5) is 19.4 Å². The molecule has 0 fully saturated rings. The van der Waals surface area contributed by atoms with Crippen molar-refractivity contribution in [2.24, 2.45) is 0 Å². The summed E-state index contributed by atoms with van der Waals surface area (Å²) in [5.41, 5.74) is 0. The van der Waals surface area contributed by atoms with Crippen LogP contribution in [0.25, 0.3) is 0 Å². The molecule has 0 aliphatic rings. The maximum Gasteiger partial charge on any atom is 0.285 e. The van der Waals surface area contributed by atoms with E-state index in [0.717, 1.165) is 0 Å². The van der Waals surface area contributed by atoms with Gasteiger partial charge in [0.15, 0.2) is 0 Å². The number of carbonyl (C=O) groups is 1. The molecular formula is C4H6ClF5OS. The largest absolute Gasteiger partial charge is 0.285 e. The van der Waals surface area contributed by atoms with Crippen LogP contribution < -0.4 is 0 Å². The van der Waals surface area contributed by atoms with Crippen molar-refractivity contribution in [2.45, 2.75) is 12.8 Å². The van der Waals surface area contributed by atoms with Gasteiger partial charge < -0.3 is 0 Å². The van der Waals surface area contributed by atoms with Crippen LogP contribution >= 0.6 is 21.8 Å². The van der Waals surface area contributed by atoms with E-state index in [1.807, 2.05) is 0 Å². The predicted octanol–water partition coefficient (Wildman–Crippen LogP) is 3.83. The van der Waals surface area contributed by atoms with Crippen LogP contribution in [0.3, 0.4) is 0 Å². The summed E-state index contributed by atoms with van der Waals surface area (Å²) in [5, 5.41) is -1.04. The summed E-state index contributed by atoms with van der Waals surface area (Å²) in [6, 6.07) is 0. The highest BCUT2D eigenvalue weighted by Crippen LogP contribution is 2.97. The zero-order valence-corrected chi connectivity index (χ0v) is 7.28. The smallest absolute Gasteiger partial charge is 0.281 e. The number of halogens is 6. The zero-order valence-electron chi connectivity index (χ0n) is 5.71. The Labute approximate surface area is 70.6 Å². The molecule has 0 N–H and O–H groups in total. The Bertz CT molecular complexity index is 195. The lowest BCUT2D eigenvalue weighted by molar-refractivity contribution is -0.111. The van der Waals surface area contributed by atoms with Gasteiger partial charge in [0.2, 0.25) is 5.24 Å². The molecule has 0 saturated carbocycles. The quantitative estimate of drug-likeness (QED) is 0.532. The summed E-state index contributed by atoms with van der Waals surface area (Å²) in [6.45, 7) is 0. The average Bonchev–Trinajstić information content (AvgIpc) is 1.54. The molecule has 0 radical (unpaired) electrons. The Morgan fingerprint density at radius 2 is 1.58 bits per heavy atom. The van der Waals surface area contributed by atoms with E-state index in [-0.39, 0.29) is 0 Å². The Kier molecular flexibility index (Phi) is 2.47. The van der Waals surface area contributed by atoms with Gasteiger partial charge in [0.1, 0.15) is 0 Å². The molecule has 12 heavy (non-hydrogen) atoms. The first kappa shape index (κ1) is 12.0. The molecule has 0 atom stereocenters. The summed E-state index contributed by atoms with van der Waals surface area (Å²) < 4.78 is 57.6. The minimum atomic E-state index is -9.32. The molecule has 8 heteroatoms. The molecule has 0 amide bonds. The molecule has 0 bridgehead atoms. The highest BCUT2D eigenvalue weighted by atomic mass is 35.5. The van der Waals surface area contributed by atoms with E-state index in [1.54, 1.807) is 0 Å². The minimum Gasteiger partial charge on any atom is -0.281 e.